The molecule has 3 rings (SSSR count). The van der Waals surface area contributed by atoms with Crippen LogP contribution in [0.2, 0.25) is 0 Å². The topological polar surface area (TPSA) is 95.1 Å². The molecular formula is C14H17N5O2S. The minimum atomic E-state index is 0.0699. The van der Waals surface area contributed by atoms with Gasteiger partial charge < -0.3 is 15.8 Å². The van der Waals surface area contributed by atoms with Gasteiger partial charge in [0.2, 0.25) is 11.9 Å². The Kier molecular flexibility index (Phi) is 4.19. The van der Waals surface area contributed by atoms with Crippen LogP contribution in [0, 0.1) is 0 Å². The highest BCUT2D eigenvalue weighted by Crippen LogP contribution is 2.27. The van der Waals surface area contributed by atoms with E-state index in [1.165, 1.54) is 0 Å². The van der Waals surface area contributed by atoms with E-state index in [1.54, 1.807) is 16.3 Å². The Morgan fingerprint density at radius 2 is 2.27 bits per heavy atom. The summed E-state index contributed by atoms with van der Waals surface area (Å²) in [5, 5.41) is 11.4. The van der Waals surface area contributed by atoms with E-state index in [1.807, 2.05) is 25.2 Å². The van der Waals surface area contributed by atoms with E-state index in [0.717, 1.165) is 34.3 Å². The number of thioether (sulfide) groups is 1. The Labute approximate surface area is 132 Å². The number of aromatic nitrogens is 3. The van der Waals surface area contributed by atoms with Crippen LogP contribution in [0.1, 0.15) is 12.0 Å². The number of nitrogen functional groups attached to an aromatic ring is 1. The van der Waals surface area contributed by atoms with Crippen LogP contribution < -0.4 is 15.8 Å². The number of nitrogens with one attached hydrogen (secondary N) is 1. The van der Waals surface area contributed by atoms with Gasteiger partial charge in [-0.3, -0.25) is 9.36 Å². The van der Waals surface area contributed by atoms with E-state index in [2.05, 4.69) is 15.5 Å². The van der Waals surface area contributed by atoms with Crippen molar-refractivity contribution in [1.82, 2.24) is 14.8 Å². The molecule has 1 aromatic carbocycles. The van der Waals surface area contributed by atoms with E-state index < -0.39 is 0 Å². The molecule has 0 radical (unpaired) electrons. The Balaban J connectivity index is 1.52. The summed E-state index contributed by atoms with van der Waals surface area (Å²) in [6, 6.07) is 5.74. The molecule has 0 saturated carbocycles. The maximum absolute atomic E-state index is 11.3. The lowest BCUT2D eigenvalue weighted by Gasteiger charge is -2.17. The molecule has 0 saturated heterocycles. The number of rotatable bonds is 5. The van der Waals surface area contributed by atoms with Crippen molar-refractivity contribution in [2.75, 3.05) is 23.4 Å². The first-order valence-electron chi connectivity index (χ1n) is 6.97. The number of ether oxygens (including phenoxy) is 1. The average molecular weight is 319 g/mol. The van der Waals surface area contributed by atoms with E-state index in [-0.39, 0.29) is 5.91 Å². The summed E-state index contributed by atoms with van der Waals surface area (Å²) in [6.07, 6.45) is 1.28. The first-order chi connectivity index (χ1) is 10.6. The fraction of sp³-hybridized carbons (Fsp3) is 0.357. The van der Waals surface area contributed by atoms with E-state index >= 15 is 0 Å². The number of hydrogen-bond donors (Lipinski definition) is 2. The second-order valence-corrected chi connectivity index (χ2v) is 6.03. The van der Waals surface area contributed by atoms with Gasteiger partial charge in [-0.05, 0) is 30.2 Å². The highest BCUT2D eigenvalue weighted by molar-refractivity contribution is 7.99. The Morgan fingerprint density at radius 1 is 1.41 bits per heavy atom. The van der Waals surface area contributed by atoms with Gasteiger partial charge in [0.15, 0.2) is 5.16 Å². The SMILES string of the molecule is Cn1c(N)nnc1SCCOc1ccc2c(c1)CCC(=O)N2. The largest absolute Gasteiger partial charge is 0.493 e. The third kappa shape index (κ3) is 3.16. The van der Waals surface area contributed by atoms with Gasteiger partial charge in [-0.15, -0.1) is 10.2 Å². The van der Waals surface area contributed by atoms with Crippen LogP contribution >= 0.6 is 11.8 Å². The molecule has 0 unspecified atom stereocenters. The van der Waals surface area contributed by atoms with E-state index in [9.17, 15) is 4.79 Å². The van der Waals surface area contributed by atoms with E-state index in [4.69, 9.17) is 10.5 Å². The Bertz CT molecular complexity index is 701. The van der Waals surface area contributed by atoms with Crippen molar-refractivity contribution in [2.24, 2.45) is 7.05 Å². The van der Waals surface area contributed by atoms with Gasteiger partial charge in [-0.1, -0.05) is 11.8 Å². The average Bonchev–Trinajstić information content (AvgIpc) is 2.83. The second kappa shape index (κ2) is 6.27. The summed E-state index contributed by atoms with van der Waals surface area (Å²) in [6.45, 7) is 0.558. The van der Waals surface area contributed by atoms with Crippen LogP contribution in [-0.4, -0.2) is 33.0 Å². The third-order valence-corrected chi connectivity index (χ3v) is 4.41. The van der Waals surface area contributed by atoms with Crippen LogP contribution in [-0.2, 0) is 18.3 Å². The van der Waals surface area contributed by atoms with Gasteiger partial charge in [0.25, 0.3) is 0 Å². The van der Waals surface area contributed by atoms with Gasteiger partial charge in [0.1, 0.15) is 5.75 Å². The van der Waals surface area contributed by atoms with Crippen molar-refractivity contribution in [3.05, 3.63) is 23.8 Å². The number of fused-ring (bicyclic) bond motifs is 1. The number of aryl methyl sites for hydroxylation is 1. The number of anilines is 2. The number of benzene rings is 1. The van der Waals surface area contributed by atoms with Gasteiger partial charge in [0.05, 0.1) is 6.61 Å². The third-order valence-electron chi connectivity index (χ3n) is 3.42. The van der Waals surface area contributed by atoms with Gasteiger partial charge >= 0.3 is 0 Å². The van der Waals surface area contributed by atoms with Gasteiger partial charge in [-0.2, -0.15) is 0 Å². The van der Waals surface area contributed by atoms with Crippen molar-refractivity contribution in [3.8, 4) is 5.75 Å². The molecule has 0 aliphatic carbocycles. The van der Waals surface area contributed by atoms with Crippen molar-refractivity contribution >= 4 is 29.3 Å². The summed E-state index contributed by atoms with van der Waals surface area (Å²) in [7, 11) is 1.83. The normalized spacial score (nSPS) is 13.6. The molecule has 0 fully saturated rings. The highest BCUT2D eigenvalue weighted by Gasteiger charge is 2.15. The standard InChI is InChI=1S/C14H17N5O2S/c1-19-13(15)17-18-14(19)22-7-6-21-10-3-4-11-9(8-10)2-5-12(20)16-11/h3-4,8H,2,5-7H2,1H3,(H2,15,17)(H,16,20). The smallest absolute Gasteiger partial charge is 0.224 e. The summed E-state index contributed by atoms with van der Waals surface area (Å²) >= 11 is 1.54. The van der Waals surface area contributed by atoms with Crippen LogP contribution in [0.4, 0.5) is 11.6 Å². The summed E-state index contributed by atoms with van der Waals surface area (Å²) in [4.78, 5) is 11.3. The fourth-order valence-electron chi connectivity index (χ4n) is 2.19. The summed E-state index contributed by atoms with van der Waals surface area (Å²) < 4.78 is 7.49. The van der Waals surface area contributed by atoms with Crippen LogP contribution in [0.25, 0.3) is 0 Å². The van der Waals surface area contributed by atoms with Crippen molar-refractivity contribution in [1.29, 1.82) is 0 Å². The lowest BCUT2D eigenvalue weighted by molar-refractivity contribution is -0.116. The zero-order chi connectivity index (χ0) is 15.5. The Hall–Kier alpha value is -2.22. The minimum Gasteiger partial charge on any atom is -0.493 e. The summed E-state index contributed by atoms with van der Waals surface area (Å²) in [5.74, 6) is 2.04. The predicted octanol–water partition coefficient (Wildman–Crippen LogP) is 1.45. The summed E-state index contributed by atoms with van der Waals surface area (Å²) in [5.41, 5.74) is 7.62. The lowest BCUT2D eigenvalue weighted by Crippen LogP contribution is -2.18. The molecule has 2 heterocycles. The molecule has 1 aromatic heterocycles. The molecule has 0 spiro atoms. The van der Waals surface area contributed by atoms with Gasteiger partial charge in [-0.25, -0.2) is 0 Å². The molecule has 7 nitrogen and oxygen atoms in total. The monoisotopic (exact) mass is 319 g/mol. The van der Waals surface area contributed by atoms with Crippen molar-refractivity contribution in [2.45, 2.75) is 18.0 Å². The fourth-order valence-corrected chi connectivity index (χ4v) is 2.93. The van der Waals surface area contributed by atoms with Crippen molar-refractivity contribution in [3.63, 3.8) is 0 Å². The zero-order valence-corrected chi connectivity index (χ0v) is 13.0. The van der Waals surface area contributed by atoms with Gasteiger partial charge in [0, 0.05) is 24.9 Å². The van der Waals surface area contributed by atoms with Crippen LogP contribution in [0.15, 0.2) is 23.4 Å². The highest BCUT2D eigenvalue weighted by atomic mass is 32.2. The quantitative estimate of drug-likeness (QED) is 0.640. The predicted molar refractivity (Wildman–Crippen MR) is 85.0 cm³/mol. The molecule has 1 aliphatic heterocycles. The minimum absolute atomic E-state index is 0.0699. The molecule has 22 heavy (non-hydrogen) atoms. The maximum atomic E-state index is 11.3. The van der Waals surface area contributed by atoms with E-state index in [0.29, 0.717) is 19.0 Å². The molecule has 1 amide bonds. The number of hydrogen-bond acceptors (Lipinski definition) is 6. The van der Waals surface area contributed by atoms with Crippen LogP contribution in [0.5, 0.6) is 5.75 Å². The number of amides is 1. The molecule has 0 atom stereocenters. The molecule has 3 N–H and O–H groups in total. The second-order valence-electron chi connectivity index (χ2n) is 4.96. The zero-order valence-electron chi connectivity index (χ0n) is 12.2. The molecule has 2 aromatic rings. The number of nitrogens with zero attached hydrogens (tertiary/aromatic N) is 3. The van der Waals surface area contributed by atoms with Crippen molar-refractivity contribution < 1.29 is 9.53 Å². The molecular weight excluding hydrogens is 302 g/mol. The maximum Gasteiger partial charge on any atom is 0.224 e. The molecule has 1 aliphatic rings. The molecule has 8 heteroatoms. The molecule has 116 valence electrons. The Morgan fingerprint density at radius 3 is 3.05 bits per heavy atom. The first-order valence-corrected chi connectivity index (χ1v) is 7.95. The number of carbonyl (C=O) groups excluding carboxylic acids is 1. The molecule has 0 bridgehead atoms. The van der Waals surface area contributed by atoms with Crippen LogP contribution in [0.3, 0.4) is 0 Å². The number of nitrogens with two attached hydrogens (primary N) is 1. The lowest BCUT2D eigenvalue weighted by atomic mass is 10.0. The number of carbonyl (C=O) groups is 1. The first kappa shape index (κ1) is 14.7.